The molecule has 2 rings (SSSR count). The van der Waals surface area contributed by atoms with E-state index < -0.39 is 0 Å². The number of halogens is 1. The van der Waals surface area contributed by atoms with Crippen molar-refractivity contribution in [1.29, 1.82) is 0 Å². The second-order valence-corrected chi connectivity index (χ2v) is 4.78. The molecule has 0 bridgehead atoms. The molecule has 0 aliphatic heterocycles. The molecule has 0 aliphatic rings. The van der Waals surface area contributed by atoms with Gasteiger partial charge in [0.2, 0.25) is 0 Å². The van der Waals surface area contributed by atoms with Gasteiger partial charge in [-0.2, -0.15) is 5.10 Å². The van der Waals surface area contributed by atoms with Crippen LogP contribution in [-0.2, 0) is 4.79 Å². The van der Waals surface area contributed by atoms with Gasteiger partial charge >= 0.3 is 0 Å². The van der Waals surface area contributed by atoms with E-state index in [9.17, 15) is 4.79 Å². The van der Waals surface area contributed by atoms with Gasteiger partial charge in [0.1, 0.15) is 5.75 Å². The van der Waals surface area contributed by atoms with Crippen LogP contribution in [0, 0.1) is 0 Å². The number of carbonyl (C=O) groups is 1. The molecule has 1 N–H and O–H groups in total. The monoisotopic (exact) mass is 302 g/mol. The van der Waals surface area contributed by atoms with E-state index in [0.29, 0.717) is 10.8 Å². The van der Waals surface area contributed by atoms with E-state index >= 15 is 0 Å². The van der Waals surface area contributed by atoms with Gasteiger partial charge in [0.15, 0.2) is 6.61 Å². The molecular formula is C16H15ClN2O2. The Morgan fingerprint density at radius 2 is 1.81 bits per heavy atom. The van der Waals surface area contributed by atoms with Crippen molar-refractivity contribution in [2.24, 2.45) is 5.10 Å². The average Bonchev–Trinajstić information content (AvgIpc) is 2.53. The van der Waals surface area contributed by atoms with Crippen molar-refractivity contribution in [2.75, 3.05) is 6.61 Å². The first-order valence-corrected chi connectivity index (χ1v) is 6.80. The van der Waals surface area contributed by atoms with Crippen LogP contribution in [0.15, 0.2) is 59.7 Å². The molecule has 0 atom stereocenters. The van der Waals surface area contributed by atoms with Crippen molar-refractivity contribution in [1.82, 2.24) is 5.43 Å². The summed E-state index contributed by atoms with van der Waals surface area (Å²) in [6.07, 6.45) is 0. The molecular weight excluding hydrogens is 288 g/mol. The summed E-state index contributed by atoms with van der Waals surface area (Å²) in [4.78, 5) is 11.6. The Kier molecular flexibility index (Phi) is 5.35. The second kappa shape index (κ2) is 7.45. The number of nitrogens with zero attached hydrogens (tertiary/aromatic N) is 1. The molecule has 0 aromatic heterocycles. The minimum absolute atomic E-state index is 0.104. The zero-order valence-corrected chi connectivity index (χ0v) is 12.3. The fourth-order valence-electron chi connectivity index (χ4n) is 1.60. The quantitative estimate of drug-likeness (QED) is 0.681. The number of hydrogen-bond acceptors (Lipinski definition) is 3. The van der Waals surface area contributed by atoms with Gasteiger partial charge in [-0.1, -0.05) is 41.9 Å². The molecule has 4 nitrogen and oxygen atoms in total. The molecule has 5 heteroatoms. The summed E-state index contributed by atoms with van der Waals surface area (Å²) in [5, 5.41) is 4.66. The summed E-state index contributed by atoms with van der Waals surface area (Å²) >= 11 is 5.76. The second-order valence-electron chi connectivity index (χ2n) is 4.34. The third kappa shape index (κ3) is 4.93. The van der Waals surface area contributed by atoms with Crippen molar-refractivity contribution in [2.45, 2.75) is 6.92 Å². The number of ether oxygens (including phenoxy) is 1. The van der Waals surface area contributed by atoms with Gasteiger partial charge in [-0.05, 0) is 36.8 Å². The first kappa shape index (κ1) is 15.1. The molecule has 0 radical (unpaired) electrons. The van der Waals surface area contributed by atoms with Crippen molar-refractivity contribution in [3.8, 4) is 5.75 Å². The molecule has 1 amide bonds. The van der Waals surface area contributed by atoms with Crippen LogP contribution < -0.4 is 10.2 Å². The maximum absolute atomic E-state index is 11.6. The number of hydrazone groups is 1. The van der Waals surface area contributed by atoms with Crippen LogP contribution in [0.3, 0.4) is 0 Å². The minimum atomic E-state index is -0.319. The third-order valence-electron chi connectivity index (χ3n) is 2.72. The van der Waals surface area contributed by atoms with Crippen LogP contribution in [0.5, 0.6) is 5.75 Å². The highest BCUT2D eigenvalue weighted by Crippen LogP contribution is 2.15. The maximum Gasteiger partial charge on any atom is 0.277 e. The average molecular weight is 303 g/mol. The number of benzene rings is 2. The van der Waals surface area contributed by atoms with Gasteiger partial charge in [-0.25, -0.2) is 5.43 Å². The molecule has 0 aliphatic carbocycles. The van der Waals surface area contributed by atoms with Crippen LogP contribution in [0.2, 0.25) is 5.02 Å². The Morgan fingerprint density at radius 1 is 1.14 bits per heavy atom. The molecule has 0 spiro atoms. The number of rotatable bonds is 5. The van der Waals surface area contributed by atoms with Crippen molar-refractivity contribution in [3.63, 3.8) is 0 Å². The first-order chi connectivity index (χ1) is 10.1. The van der Waals surface area contributed by atoms with E-state index in [1.807, 2.05) is 37.3 Å². The Morgan fingerprint density at radius 3 is 2.48 bits per heavy atom. The Bertz CT molecular complexity index is 624. The molecule has 0 saturated carbocycles. The highest BCUT2D eigenvalue weighted by atomic mass is 35.5. The first-order valence-electron chi connectivity index (χ1n) is 6.42. The number of carbonyl (C=O) groups excluding carboxylic acids is 1. The lowest BCUT2D eigenvalue weighted by Crippen LogP contribution is -2.25. The Balaban J connectivity index is 1.83. The van der Waals surface area contributed by atoms with Gasteiger partial charge in [-0.15, -0.1) is 0 Å². The van der Waals surface area contributed by atoms with Crippen LogP contribution in [0.1, 0.15) is 12.5 Å². The number of nitrogens with one attached hydrogen (secondary N) is 1. The standard InChI is InChI=1S/C16H15ClN2O2/c1-12(13-5-3-2-4-6-13)18-19-16(20)11-21-15-9-7-14(17)8-10-15/h2-10H,11H2,1H3,(H,19,20)/b18-12-. The predicted molar refractivity (Wildman–Crippen MR) is 83.7 cm³/mol. The van der Waals surface area contributed by atoms with E-state index in [2.05, 4.69) is 10.5 Å². The molecule has 0 saturated heterocycles. The Labute approximate surface area is 128 Å². The van der Waals surface area contributed by atoms with Gasteiger partial charge in [-0.3, -0.25) is 4.79 Å². The van der Waals surface area contributed by atoms with E-state index in [-0.39, 0.29) is 12.5 Å². The summed E-state index contributed by atoms with van der Waals surface area (Å²) in [7, 11) is 0. The maximum atomic E-state index is 11.6. The fraction of sp³-hybridized carbons (Fsp3) is 0.125. The zero-order valence-electron chi connectivity index (χ0n) is 11.5. The van der Waals surface area contributed by atoms with Gasteiger partial charge in [0, 0.05) is 5.02 Å². The topological polar surface area (TPSA) is 50.7 Å². The summed E-state index contributed by atoms with van der Waals surface area (Å²) in [5.74, 6) is 0.263. The van der Waals surface area contributed by atoms with Crippen molar-refractivity contribution < 1.29 is 9.53 Å². The predicted octanol–water partition coefficient (Wildman–Crippen LogP) is 3.26. The summed E-state index contributed by atoms with van der Waals surface area (Å²) in [5.41, 5.74) is 4.15. The van der Waals surface area contributed by atoms with Gasteiger partial charge in [0.05, 0.1) is 5.71 Å². The van der Waals surface area contributed by atoms with E-state index in [0.717, 1.165) is 11.3 Å². The van der Waals surface area contributed by atoms with Crippen LogP contribution >= 0.6 is 11.6 Å². The van der Waals surface area contributed by atoms with Crippen LogP contribution in [0.4, 0.5) is 0 Å². The minimum Gasteiger partial charge on any atom is -0.484 e. The smallest absolute Gasteiger partial charge is 0.277 e. The van der Waals surface area contributed by atoms with Gasteiger partial charge in [0.25, 0.3) is 5.91 Å². The molecule has 2 aromatic rings. The summed E-state index contributed by atoms with van der Waals surface area (Å²) in [6.45, 7) is 1.73. The third-order valence-corrected chi connectivity index (χ3v) is 2.98. The van der Waals surface area contributed by atoms with Crippen LogP contribution in [-0.4, -0.2) is 18.2 Å². The van der Waals surface area contributed by atoms with Crippen molar-refractivity contribution >= 4 is 23.2 Å². The SMILES string of the molecule is C/C(=N/NC(=O)COc1ccc(Cl)cc1)c1ccccc1. The van der Waals surface area contributed by atoms with E-state index in [1.165, 1.54) is 0 Å². The molecule has 21 heavy (non-hydrogen) atoms. The number of amides is 1. The highest BCUT2D eigenvalue weighted by molar-refractivity contribution is 6.30. The fourth-order valence-corrected chi connectivity index (χ4v) is 1.73. The highest BCUT2D eigenvalue weighted by Gasteiger charge is 2.02. The Hall–Kier alpha value is -2.33. The summed E-state index contributed by atoms with van der Waals surface area (Å²) < 4.78 is 5.32. The molecule has 108 valence electrons. The lowest BCUT2D eigenvalue weighted by atomic mass is 10.1. The van der Waals surface area contributed by atoms with E-state index in [1.54, 1.807) is 24.3 Å². The lowest BCUT2D eigenvalue weighted by molar-refractivity contribution is -0.123. The van der Waals surface area contributed by atoms with Crippen molar-refractivity contribution in [3.05, 3.63) is 65.2 Å². The van der Waals surface area contributed by atoms with E-state index in [4.69, 9.17) is 16.3 Å². The molecule has 0 fully saturated rings. The molecule has 0 heterocycles. The normalized spacial score (nSPS) is 11.0. The lowest BCUT2D eigenvalue weighted by Gasteiger charge is -2.05. The largest absolute Gasteiger partial charge is 0.484 e. The molecule has 2 aromatic carbocycles. The zero-order chi connectivity index (χ0) is 15.1. The number of hydrogen-bond donors (Lipinski definition) is 1. The van der Waals surface area contributed by atoms with Crippen LogP contribution in [0.25, 0.3) is 0 Å². The van der Waals surface area contributed by atoms with Gasteiger partial charge < -0.3 is 4.74 Å². The molecule has 0 unspecified atom stereocenters. The summed E-state index contributed by atoms with van der Waals surface area (Å²) in [6, 6.07) is 16.4.